The second-order valence-corrected chi connectivity index (χ2v) is 5.61. The lowest BCUT2D eigenvalue weighted by Gasteiger charge is -2.03. The average molecular weight is 395 g/mol. The van der Waals surface area contributed by atoms with Gasteiger partial charge in [0.2, 0.25) is 0 Å². The van der Waals surface area contributed by atoms with Gasteiger partial charge in [-0.1, -0.05) is 28.1 Å². The van der Waals surface area contributed by atoms with Crippen LogP contribution in [0, 0.1) is 0 Å². The topological polar surface area (TPSA) is 17.8 Å². The zero-order valence-electron chi connectivity index (χ0n) is 7.62. The molecule has 1 aromatic carbocycles. The first-order chi connectivity index (χ1) is 7.15. The molecule has 2 rings (SSSR count). The van der Waals surface area contributed by atoms with Crippen molar-refractivity contribution in [2.24, 2.45) is 0 Å². The van der Waals surface area contributed by atoms with Gasteiger partial charge in [0.05, 0.1) is 6.54 Å². The number of nitrogens with zero attached hydrogens (tertiary/aromatic N) is 2. The lowest BCUT2D eigenvalue weighted by molar-refractivity contribution is 0.667. The zero-order chi connectivity index (χ0) is 10.8. The zero-order valence-corrected chi connectivity index (χ0v) is 12.4. The molecule has 0 aliphatic rings. The number of benzene rings is 1. The van der Waals surface area contributed by atoms with Crippen LogP contribution in [0.15, 0.2) is 44.0 Å². The summed E-state index contributed by atoms with van der Waals surface area (Å²) in [5.41, 5.74) is 1.22. The van der Waals surface area contributed by atoms with Gasteiger partial charge >= 0.3 is 0 Å². The predicted octanol–water partition coefficient (Wildman–Crippen LogP) is 4.22. The molecule has 0 fully saturated rings. The number of hydrogen-bond donors (Lipinski definition) is 0. The smallest absolute Gasteiger partial charge is 0.129 e. The Balaban J connectivity index is 2.21. The number of aromatic nitrogens is 2. The summed E-state index contributed by atoms with van der Waals surface area (Å²) < 4.78 is 4.79. The third-order valence-corrected chi connectivity index (χ3v) is 3.50. The normalized spacial score (nSPS) is 10.6. The highest BCUT2D eigenvalue weighted by atomic mass is 79.9. The Bertz CT molecular complexity index is 462. The van der Waals surface area contributed by atoms with Crippen LogP contribution < -0.4 is 0 Å². The molecule has 0 spiro atoms. The van der Waals surface area contributed by atoms with Crippen molar-refractivity contribution < 1.29 is 0 Å². The first-order valence-corrected chi connectivity index (χ1v) is 6.66. The Labute approximate surface area is 113 Å². The molecule has 0 atom stereocenters. The summed E-state index contributed by atoms with van der Waals surface area (Å²) in [5.74, 6) is 0. The Hall–Kier alpha value is -0.130. The fraction of sp³-hybridized carbons (Fsp3) is 0.100. The third-order valence-electron chi connectivity index (χ3n) is 1.95. The summed E-state index contributed by atoms with van der Waals surface area (Å²) in [6.07, 6.45) is 0. The van der Waals surface area contributed by atoms with E-state index in [0.717, 1.165) is 20.2 Å². The first kappa shape index (κ1) is 11.4. The minimum absolute atomic E-state index is 0.763. The van der Waals surface area contributed by atoms with Crippen molar-refractivity contribution in [3.05, 3.63) is 49.6 Å². The molecule has 2 nitrogen and oxygen atoms in total. The molecule has 0 unspecified atom stereocenters. The quantitative estimate of drug-likeness (QED) is 0.745. The van der Waals surface area contributed by atoms with Crippen LogP contribution in [0.5, 0.6) is 0 Å². The number of rotatable bonds is 2. The van der Waals surface area contributed by atoms with E-state index in [1.165, 1.54) is 5.56 Å². The van der Waals surface area contributed by atoms with E-state index >= 15 is 0 Å². The fourth-order valence-corrected chi connectivity index (χ4v) is 2.64. The van der Waals surface area contributed by atoms with Crippen molar-refractivity contribution in [3.63, 3.8) is 0 Å². The van der Waals surface area contributed by atoms with E-state index < -0.39 is 0 Å². The maximum Gasteiger partial charge on any atom is 0.129 e. The Kier molecular flexibility index (Phi) is 3.64. The molecule has 0 saturated carbocycles. The van der Waals surface area contributed by atoms with Gasteiger partial charge < -0.3 is 0 Å². The lowest BCUT2D eigenvalue weighted by atomic mass is 10.2. The van der Waals surface area contributed by atoms with Crippen LogP contribution in [0.1, 0.15) is 5.56 Å². The van der Waals surface area contributed by atoms with Crippen molar-refractivity contribution in [1.82, 2.24) is 9.78 Å². The Morgan fingerprint density at radius 2 is 1.73 bits per heavy atom. The fourth-order valence-electron chi connectivity index (χ4n) is 1.24. The summed E-state index contributed by atoms with van der Waals surface area (Å²) in [7, 11) is 0. The van der Waals surface area contributed by atoms with E-state index in [-0.39, 0.29) is 0 Å². The van der Waals surface area contributed by atoms with Gasteiger partial charge in [-0.25, -0.2) is 0 Å². The van der Waals surface area contributed by atoms with Crippen LogP contribution >= 0.6 is 47.8 Å². The number of halogens is 3. The molecule has 5 heteroatoms. The highest BCUT2D eigenvalue weighted by molar-refractivity contribution is 9.11. The van der Waals surface area contributed by atoms with Crippen LogP contribution in [-0.2, 0) is 6.54 Å². The first-order valence-electron chi connectivity index (χ1n) is 4.28. The van der Waals surface area contributed by atoms with Gasteiger partial charge in [0.15, 0.2) is 0 Å². The highest BCUT2D eigenvalue weighted by Crippen LogP contribution is 2.18. The summed E-state index contributed by atoms with van der Waals surface area (Å²) in [5, 5.41) is 4.30. The molecular formula is C10H7Br3N2. The Morgan fingerprint density at radius 1 is 1.07 bits per heavy atom. The van der Waals surface area contributed by atoms with Gasteiger partial charge in [-0.15, -0.1) is 0 Å². The van der Waals surface area contributed by atoms with Gasteiger partial charge in [-0.3, -0.25) is 4.68 Å². The number of hydrogen-bond acceptors (Lipinski definition) is 1. The monoisotopic (exact) mass is 392 g/mol. The van der Waals surface area contributed by atoms with Gasteiger partial charge in [-0.05, 0) is 49.6 Å². The molecule has 0 amide bonds. The summed E-state index contributed by atoms with van der Waals surface area (Å²) in [6, 6.07) is 10.1. The van der Waals surface area contributed by atoms with Crippen molar-refractivity contribution in [1.29, 1.82) is 0 Å². The largest absolute Gasteiger partial charge is 0.253 e. The van der Waals surface area contributed by atoms with E-state index in [4.69, 9.17) is 0 Å². The minimum atomic E-state index is 0.763. The van der Waals surface area contributed by atoms with Crippen molar-refractivity contribution >= 4 is 47.8 Å². The summed E-state index contributed by atoms with van der Waals surface area (Å²) in [4.78, 5) is 0. The minimum Gasteiger partial charge on any atom is -0.253 e. The van der Waals surface area contributed by atoms with Gasteiger partial charge in [0.1, 0.15) is 9.21 Å². The van der Waals surface area contributed by atoms with Crippen molar-refractivity contribution in [2.45, 2.75) is 6.54 Å². The summed E-state index contributed by atoms with van der Waals surface area (Å²) in [6.45, 7) is 0.763. The van der Waals surface area contributed by atoms with Crippen LogP contribution in [0.25, 0.3) is 0 Å². The molecular weight excluding hydrogens is 388 g/mol. The van der Waals surface area contributed by atoms with E-state index in [1.54, 1.807) is 0 Å². The van der Waals surface area contributed by atoms with Crippen LogP contribution in [0.4, 0.5) is 0 Å². The highest BCUT2D eigenvalue weighted by Gasteiger charge is 2.03. The lowest BCUT2D eigenvalue weighted by Crippen LogP contribution is -2.01. The van der Waals surface area contributed by atoms with Crippen molar-refractivity contribution in [3.8, 4) is 0 Å². The van der Waals surface area contributed by atoms with E-state index in [2.05, 4.69) is 65.0 Å². The second-order valence-electron chi connectivity index (χ2n) is 3.07. The molecule has 78 valence electrons. The molecule has 0 radical (unpaired) electrons. The predicted molar refractivity (Wildman–Crippen MR) is 70.9 cm³/mol. The molecule has 0 N–H and O–H groups in total. The van der Waals surface area contributed by atoms with Gasteiger partial charge in [0, 0.05) is 10.5 Å². The molecule has 0 aliphatic carbocycles. The van der Waals surface area contributed by atoms with Gasteiger partial charge in [0.25, 0.3) is 0 Å². The standard InChI is InChI=1S/C10H7Br3N2/c11-8-3-1-7(2-4-8)6-15-10(13)5-9(12)14-15/h1-5H,6H2. The molecule has 2 aromatic rings. The maximum atomic E-state index is 4.30. The van der Waals surface area contributed by atoms with Crippen LogP contribution in [-0.4, -0.2) is 9.78 Å². The van der Waals surface area contributed by atoms with E-state index in [0.29, 0.717) is 0 Å². The molecule has 15 heavy (non-hydrogen) atoms. The average Bonchev–Trinajstić information content (AvgIpc) is 2.49. The van der Waals surface area contributed by atoms with E-state index in [9.17, 15) is 0 Å². The third kappa shape index (κ3) is 2.92. The molecule has 1 aromatic heterocycles. The summed E-state index contributed by atoms with van der Waals surface area (Å²) >= 11 is 10.2. The molecule has 1 heterocycles. The Morgan fingerprint density at radius 3 is 2.27 bits per heavy atom. The molecule has 0 bridgehead atoms. The molecule has 0 saturated heterocycles. The molecule has 0 aliphatic heterocycles. The maximum absolute atomic E-state index is 4.30. The van der Waals surface area contributed by atoms with Crippen molar-refractivity contribution in [2.75, 3.05) is 0 Å². The van der Waals surface area contributed by atoms with Crippen LogP contribution in [0.2, 0.25) is 0 Å². The SMILES string of the molecule is Brc1ccc(Cn2nc(Br)cc2Br)cc1. The van der Waals surface area contributed by atoms with Gasteiger partial charge in [-0.2, -0.15) is 5.10 Å². The van der Waals surface area contributed by atoms with Crippen LogP contribution in [0.3, 0.4) is 0 Å². The van der Waals surface area contributed by atoms with E-state index in [1.807, 2.05) is 22.9 Å². The second kappa shape index (κ2) is 4.80.